The van der Waals surface area contributed by atoms with Crippen molar-refractivity contribution in [2.75, 3.05) is 45.2 Å². The number of benzene rings is 1. The first-order valence-corrected chi connectivity index (χ1v) is 8.44. The fraction of sp³-hybridized carbons (Fsp3) is 0.389. The van der Waals surface area contributed by atoms with Gasteiger partial charge >= 0.3 is 0 Å². The topological polar surface area (TPSA) is 87.9 Å². The van der Waals surface area contributed by atoms with E-state index in [0.29, 0.717) is 49.1 Å². The van der Waals surface area contributed by atoms with Crippen LogP contribution < -0.4 is 10.1 Å². The van der Waals surface area contributed by atoms with Crippen molar-refractivity contribution in [3.63, 3.8) is 0 Å². The summed E-state index contributed by atoms with van der Waals surface area (Å²) < 4.78 is 10.2. The Kier molecular flexibility index (Phi) is 5.52. The van der Waals surface area contributed by atoms with Crippen molar-refractivity contribution in [3.05, 3.63) is 41.7 Å². The molecule has 138 valence electrons. The number of hydrogen-bond acceptors (Lipinski definition) is 6. The number of piperazine rings is 1. The second kappa shape index (κ2) is 8.01. The molecule has 1 aromatic carbocycles. The van der Waals surface area contributed by atoms with Gasteiger partial charge in [-0.25, -0.2) is 0 Å². The molecular formula is C18H22N4O4. The minimum absolute atomic E-state index is 0.0513. The van der Waals surface area contributed by atoms with E-state index in [9.17, 15) is 9.59 Å². The lowest BCUT2D eigenvalue weighted by Crippen LogP contribution is -2.50. The van der Waals surface area contributed by atoms with Crippen molar-refractivity contribution < 1.29 is 18.8 Å². The third-order valence-corrected chi connectivity index (χ3v) is 4.26. The van der Waals surface area contributed by atoms with Gasteiger partial charge in [0.25, 0.3) is 5.91 Å². The van der Waals surface area contributed by atoms with Gasteiger partial charge in [-0.2, -0.15) is 0 Å². The fourth-order valence-electron chi connectivity index (χ4n) is 2.91. The van der Waals surface area contributed by atoms with Gasteiger partial charge in [0.2, 0.25) is 5.91 Å². The van der Waals surface area contributed by atoms with E-state index >= 15 is 0 Å². The molecule has 1 fully saturated rings. The molecule has 1 aliphatic rings. The molecule has 0 radical (unpaired) electrons. The summed E-state index contributed by atoms with van der Waals surface area (Å²) in [5, 5.41) is 6.45. The van der Waals surface area contributed by atoms with Crippen molar-refractivity contribution >= 4 is 17.6 Å². The minimum Gasteiger partial charge on any atom is -0.496 e. The first-order valence-electron chi connectivity index (χ1n) is 8.44. The largest absolute Gasteiger partial charge is 0.496 e. The molecule has 3 rings (SSSR count). The summed E-state index contributed by atoms with van der Waals surface area (Å²) in [5.41, 5.74) is 0.558. The number of ether oxygens (including phenoxy) is 1. The van der Waals surface area contributed by atoms with Crippen LogP contribution in [0.3, 0.4) is 0 Å². The Morgan fingerprint density at radius 3 is 2.62 bits per heavy atom. The van der Waals surface area contributed by atoms with E-state index in [1.54, 1.807) is 37.1 Å². The maximum absolute atomic E-state index is 12.7. The number of nitrogens with one attached hydrogen (secondary N) is 1. The van der Waals surface area contributed by atoms with Crippen molar-refractivity contribution in [2.45, 2.75) is 6.92 Å². The van der Waals surface area contributed by atoms with Gasteiger partial charge < -0.3 is 19.5 Å². The molecule has 1 saturated heterocycles. The number of amides is 2. The lowest BCUT2D eigenvalue weighted by atomic mass is 10.1. The highest BCUT2D eigenvalue weighted by Gasteiger charge is 2.25. The predicted molar refractivity (Wildman–Crippen MR) is 95.2 cm³/mol. The molecule has 1 aromatic heterocycles. The molecule has 0 atom stereocenters. The highest BCUT2D eigenvalue weighted by Crippen LogP contribution is 2.20. The standard InChI is InChI=1S/C18H22N4O4/c1-13-11-16(20-26-13)19-17(23)12-21-7-9-22(10-8-21)18(24)14-5-3-4-6-15(14)25-2/h3-6,11H,7-10,12H2,1-2H3,(H,19,20,23). The van der Waals surface area contributed by atoms with Crippen LogP contribution in [0.2, 0.25) is 0 Å². The summed E-state index contributed by atoms with van der Waals surface area (Å²) in [7, 11) is 1.55. The van der Waals surface area contributed by atoms with Crippen LogP contribution in [0, 0.1) is 6.92 Å². The van der Waals surface area contributed by atoms with Gasteiger partial charge in [0.15, 0.2) is 5.82 Å². The van der Waals surface area contributed by atoms with Gasteiger partial charge in [0, 0.05) is 32.2 Å². The summed E-state index contributed by atoms with van der Waals surface area (Å²) in [6, 6.07) is 8.87. The van der Waals surface area contributed by atoms with E-state index in [4.69, 9.17) is 9.26 Å². The molecule has 8 nitrogen and oxygen atoms in total. The molecular weight excluding hydrogens is 336 g/mol. The quantitative estimate of drug-likeness (QED) is 0.869. The number of aryl methyl sites for hydroxylation is 1. The third kappa shape index (κ3) is 4.20. The average molecular weight is 358 g/mol. The van der Waals surface area contributed by atoms with Crippen LogP contribution in [0.1, 0.15) is 16.1 Å². The van der Waals surface area contributed by atoms with E-state index in [1.165, 1.54) is 0 Å². The first kappa shape index (κ1) is 17.9. The Balaban J connectivity index is 1.51. The van der Waals surface area contributed by atoms with Gasteiger partial charge in [-0.1, -0.05) is 17.3 Å². The number of para-hydroxylation sites is 1. The second-order valence-electron chi connectivity index (χ2n) is 6.14. The molecule has 2 amide bonds. The van der Waals surface area contributed by atoms with Crippen LogP contribution in [0.15, 0.2) is 34.9 Å². The van der Waals surface area contributed by atoms with E-state index < -0.39 is 0 Å². The molecule has 0 spiro atoms. The molecule has 0 bridgehead atoms. The van der Waals surface area contributed by atoms with E-state index in [-0.39, 0.29) is 18.4 Å². The molecule has 0 saturated carbocycles. The Morgan fingerprint density at radius 1 is 1.23 bits per heavy atom. The number of methoxy groups -OCH3 is 1. The van der Waals surface area contributed by atoms with Crippen LogP contribution in [0.5, 0.6) is 5.75 Å². The molecule has 2 heterocycles. The Morgan fingerprint density at radius 2 is 1.96 bits per heavy atom. The third-order valence-electron chi connectivity index (χ3n) is 4.26. The number of aromatic nitrogens is 1. The molecule has 2 aromatic rings. The number of carbonyl (C=O) groups is 2. The second-order valence-corrected chi connectivity index (χ2v) is 6.14. The zero-order chi connectivity index (χ0) is 18.5. The molecule has 1 aliphatic heterocycles. The smallest absolute Gasteiger partial charge is 0.257 e. The number of carbonyl (C=O) groups excluding carboxylic acids is 2. The zero-order valence-electron chi connectivity index (χ0n) is 14.9. The maximum atomic E-state index is 12.7. The van der Waals surface area contributed by atoms with Crippen LogP contribution in [0.4, 0.5) is 5.82 Å². The number of rotatable bonds is 5. The minimum atomic E-state index is -0.150. The summed E-state index contributed by atoms with van der Waals surface area (Å²) in [5.74, 6) is 1.43. The van der Waals surface area contributed by atoms with Crippen molar-refractivity contribution in [2.24, 2.45) is 0 Å². The molecule has 8 heteroatoms. The van der Waals surface area contributed by atoms with Gasteiger partial charge in [-0.05, 0) is 19.1 Å². The number of nitrogens with zero attached hydrogens (tertiary/aromatic N) is 3. The SMILES string of the molecule is COc1ccccc1C(=O)N1CCN(CC(=O)Nc2cc(C)on2)CC1. The van der Waals surface area contributed by atoms with Crippen molar-refractivity contribution in [3.8, 4) is 5.75 Å². The molecule has 0 unspecified atom stereocenters. The zero-order valence-corrected chi connectivity index (χ0v) is 14.9. The molecule has 26 heavy (non-hydrogen) atoms. The van der Waals surface area contributed by atoms with Crippen LogP contribution in [-0.2, 0) is 4.79 Å². The van der Waals surface area contributed by atoms with Crippen LogP contribution >= 0.6 is 0 Å². The fourth-order valence-corrected chi connectivity index (χ4v) is 2.91. The van der Waals surface area contributed by atoms with Gasteiger partial charge in [0.05, 0.1) is 19.2 Å². The van der Waals surface area contributed by atoms with E-state index in [0.717, 1.165) is 0 Å². The van der Waals surface area contributed by atoms with Crippen LogP contribution in [0.25, 0.3) is 0 Å². The first-order chi connectivity index (χ1) is 12.6. The highest BCUT2D eigenvalue weighted by molar-refractivity contribution is 5.97. The number of hydrogen-bond donors (Lipinski definition) is 1. The van der Waals surface area contributed by atoms with Gasteiger partial charge in [0.1, 0.15) is 11.5 Å². The Bertz CT molecular complexity index is 781. The summed E-state index contributed by atoms with van der Waals surface area (Å²) in [6.45, 7) is 4.40. The lowest BCUT2D eigenvalue weighted by molar-refractivity contribution is -0.117. The number of anilines is 1. The van der Waals surface area contributed by atoms with Crippen molar-refractivity contribution in [1.29, 1.82) is 0 Å². The maximum Gasteiger partial charge on any atom is 0.257 e. The summed E-state index contributed by atoms with van der Waals surface area (Å²) in [6.07, 6.45) is 0. The van der Waals surface area contributed by atoms with E-state index in [1.807, 2.05) is 17.0 Å². The lowest BCUT2D eigenvalue weighted by Gasteiger charge is -2.34. The van der Waals surface area contributed by atoms with Gasteiger partial charge in [-0.15, -0.1) is 0 Å². The molecule has 1 N–H and O–H groups in total. The van der Waals surface area contributed by atoms with Gasteiger partial charge in [-0.3, -0.25) is 14.5 Å². The summed E-state index contributed by atoms with van der Waals surface area (Å²) >= 11 is 0. The average Bonchev–Trinajstić information content (AvgIpc) is 3.06. The van der Waals surface area contributed by atoms with Crippen LogP contribution in [-0.4, -0.2) is 66.6 Å². The Labute approximate surface area is 151 Å². The Hall–Kier alpha value is -2.87. The van der Waals surface area contributed by atoms with Crippen molar-refractivity contribution in [1.82, 2.24) is 15.0 Å². The normalized spacial score (nSPS) is 14.9. The highest BCUT2D eigenvalue weighted by atomic mass is 16.5. The summed E-state index contributed by atoms with van der Waals surface area (Å²) in [4.78, 5) is 28.6. The molecule has 0 aliphatic carbocycles. The monoisotopic (exact) mass is 358 g/mol. The predicted octanol–water partition coefficient (Wildman–Crippen LogP) is 1.39. The van der Waals surface area contributed by atoms with E-state index in [2.05, 4.69) is 10.5 Å².